The zero-order chi connectivity index (χ0) is 23.7. The third-order valence-electron chi connectivity index (χ3n) is 6.53. The van der Waals surface area contributed by atoms with E-state index in [1.807, 2.05) is 31.4 Å². The maximum Gasteiger partial charge on any atom is 0.169 e. The Bertz CT molecular complexity index is 1330. The van der Waals surface area contributed by atoms with Gasteiger partial charge in [0.15, 0.2) is 5.78 Å². The molecule has 0 atom stereocenters. The van der Waals surface area contributed by atoms with E-state index in [2.05, 4.69) is 49.2 Å². The van der Waals surface area contributed by atoms with E-state index in [9.17, 15) is 4.79 Å². The lowest BCUT2D eigenvalue weighted by Gasteiger charge is -2.35. The molecular weight excluding hydrogens is 428 g/mol. The number of aryl methyl sites for hydroxylation is 1. The number of hydrogen-bond acceptors (Lipinski definition) is 8. The second-order valence-corrected chi connectivity index (χ2v) is 9.02. The van der Waals surface area contributed by atoms with Gasteiger partial charge >= 0.3 is 0 Å². The summed E-state index contributed by atoms with van der Waals surface area (Å²) in [6.07, 6.45) is 9.49. The predicted octanol–water partition coefficient (Wildman–Crippen LogP) is 2.78. The number of fused-ring (bicyclic) bond motifs is 1. The summed E-state index contributed by atoms with van der Waals surface area (Å²) in [5.41, 5.74) is 2.81. The molecule has 0 aromatic carbocycles. The van der Waals surface area contributed by atoms with E-state index < -0.39 is 0 Å². The number of likely N-dealkylation sites (tertiary alicyclic amines) is 1. The SMILES string of the molecule is CN1CCC(N(C)c2cc(C(=O)Cc3cc4cc(-c5cn(C)nn5)ncc4cn3)ccn2)CC1. The van der Waals surface area contributed by atoms with E-state index in [0.717, 1.165) is 53.9 Å². The van der Waals surface area contributed by atoms with Crippen LogP contribution in [-0.4, -0.2) is 73.9 Å². The molecular formula is C25H28N8O. The monoisotopic (exact) mass is 456 g/mol. The van der Waals surface area contributed by atoms with Crippen molar-refractivity contribution in [2.45, 2.75) is 25.3 Å². The Morgan fingerprint density at radius 3 is 2.59 bits per heavy atom. The molecule has 4 aromatic heterocycles. The van der Waals surface area contributed by atoms with Crippen LogP contribution in [0.25, 0.3) is 22.2 Å². The number of pyridine rings is 3. The fourth-order valence-corrected chi connectivity index (χ4v) is 4.41. The van der Waals surface area contributed by atoms with Gasteiger partial charge < -0.3 is 9.80 Å². The summed E-state index contributed by atoms with van der Waals surface area (Å²) in [5, 5.41) is 9.98. The quantitative estimate of drug-likeness (QED) is 0.409. The molecule has 0 unspecified atom stereocenters. The second kappa shape index (κ2) is 9.26. The van der Waals surface area contributed by atoms with E-state index in [0.29, 0.717) is 17.3 Å². The number of hydrogen-bond donors (Lipinski definition) is 0. The lowest BCUT2D eigenvalue weighted by Crippen LogP contribution is -2.42. The Morgan fingerprint density at radius 2 is 1.82 bits per heavy atom. The van der Waals surface area contributed by atoms with Gasteiger partial charge in [-0.15, -0.1) is 5.10 Å². The molecule has 34 heavy (non-hydrogen) atoms. The van der Waals surface area contributed by atoms with E-state index in [-0.39, 0.29) is 12.2 Å². The fraction of sp³-hybridized carbons (Fsp3) is 0.360. The van der Waals surface area contributed by atoms with Crippen LogP contribution in [0.4, 0.5) is 5.82 Å². The average Bonchev–Trinajstić information content (AvgIpc) is 3.30. The first-order valence-corrected chi connectivity index (χ1v) is 11.5. The van der Waals surface area contributed by atoms with Crippen molar-refractivity contribution >= 4 is 22.4 Å². The summed E-state index contributed by atoms with van der Waals surface area (Å²) in [4.78, 5) is 31.1. The smallest absolute Gasteiger partial charge is 0.169 e. The molecule has 0 N–H and O–H groups in total. The van der Waals surface area contributed by atoms with Gasteiger partial charge in [-0.05, 0) is 62.6 Å². The van der Waals surface area contributed by atoms with Gasteiger partial charge in [0, 0.05) is 55.4 Å². The summed E-state index contributed by atoms with van der Waals surface area (Å²) in [7, 11) is 6.04. The van der Waals surface area contributed by atoms with Gasteiger partial charge in [-0.2, -0.15) is 0 Å². The highest BCUT2D eigenvalue weighted by atomic mass is 16.1. The molecule has 5 rings (SSSR count). The third-order valence-corrected chi connectivity index (χ3v) is 6.53. The molecule has 0 aliphatic carbocycles. The van der Waals surface area contributed by atoms with Gasteiger partial charge in [-0.25, -0.2) is 4.98 Å². The maximum atomic E-state index is 13.1. The Balaban J connectivity index is 1.33. The van der Waals surface area contributed by atoms with Crippen molar-refractivity contribution in [2.75, 3.05) is 32.1 Å². The normalized spacial score (nSPS) is 15.0. The number of carbonyl (C=O) groups is 1. The molecule has 0 radical (unpaired) electrons. The Morgan fingerprint density at radius 1 is 1.03 bits per heavy atom. The molecule has 5 heterocycles. The first-order valence-electron chi connectivity index (χ1n) is 11.5. The van der Waals surface area contributed by atoms with E-state index >= 15 is 0 Å². The number of aromatic nitrogens is 6. The Labute approximate surface area is 198 Å². The van der Waals surface area contributed by atoms with Gasteiger partial charge in [0.1, 0.15) is 11.5 Å². The molecule has 0 spiro atoms. The molecule has 1 aliphatic rings. The highest BCUT2D eigenvalue weighted by Gasteiger charge is 2.22. The zero-order valence-corrected chi connectivity index (χ0v) is 19.7. The van der Waals surface area contributed by atoms with E-state index in [1.165, 1.54) is 0 Å². The highest BCUT2D eigenvalue weighted by Crippen LogP contribution is 2.23. The van der Waals surface area contributed by atoms with Crippen molar-refractivity contribution in [3.8, 4) is 11.4 Å². The van der Waals surface area contributed by atoms with Crippen molar-refractivity contribution in [1.82, 2.24) is 34.8 Å². The minimum absolute atomic E-state index is 0.0236. The molecule has 4 aromatic rings. The molecule has 9 nitrogen and oxygen atoms in total. The fourth-order valence-electron chi connectivity index (χ4n) is 4.41. The van der Waals surface area contributed by atoms with Gasteiger partial charge in [0.2, 0.25) is 0 Å². The van der Waals surface area contributed by atoms with Crippen LogP contribution in [0.1, 0.15) is 28.9 Å². The topological polar surface area (TPSA) is 92.9 Å². The molecule has 0 amide bonds. The van der Waals surface area contributed by atoms with Crippen LogP contribution in [0.3, 0.4) is 0 Å². The predicted molar refractivity (Wildman–Crippen MR) is 131 cm³/mol. The molecule has 9 heteroatoms. The minimum Gasteiger partial charge on any atom is -0.357 e. The summed E-state index contributed by atoms with van der Waals surface area (Å²) >= 11 is 0. The first-order chi connectivity index (χ1) is 16.5. The van der Waals surface area contributed by atoms with Crippen LogP contribution in [0.2, 0.25) is 0 Å². The van der Waals surface area contributed by atoms with Crippen molar-refractivity contribution in [1.29, 1.82) is 0 Å². The first kappa shape index (κ1) is 22.1. The van der Waals surface area contributed by atoms with Crippen molar-refractivity contribution in [2.24, 2.45) is 7.05 Å². The molecule has 0 saturated carbocycles. The molecule has 1 aliphatic heterocycles. The maximum absolute atomic E-state index is 13.1. The number of anilines is 1. The molecule has 174 valence electrons. The van der Waals surface area contributed by atoms with Crippen LogP contribution in [-0.2, 0) is 13.5 Å². The van der Waals surface area contributed by atoms with Gasteiger partial charge in [0.05, 0.1) is 18.3 Å². The number of piperidine rings is 1. The van der Waals surface area contributed by atoms with Gasteiger partial charge in [-0.1, -0.05) is 5.21 Å². The van der Waals surface area contributed by atoms with Crippen LogP contribution in [0.5, 0.6) is 0 Å². The minimum atomic E-state index is 0.0236. The van der Waals surface area contributed by atoms with Crippen LogP contribution in [0, 0.1) is 0 Å². The highest BCUT2D eigenvalue weighted by molar-refractivity contribution is 5.98. The van der Waals surface area contributed by atoms with E-state index in [1.54, 1.807) is 29.3 Å². The van der Waals surface area contributed by atoms with E-state index in [4.69, 9.17) is 0 Å². The van der Waals surface area contributed by atoms with Gasteiger partial charge in [0.25, 0.3) is 0 Å². The summed E-state index contributed by atoms with van der Waals surface area (Å²) in [5.74, 6) is 0.863. The Hall–Kier alpha value is -3.72. The molecule has 1 saturated heterocycles. The standard InChI is InChI=1S/C25H28N8O/c1-31-8-5-21(6-9-31)33(3)25-12-17(4-7-26-25)24(34)13-20-10-18-11-22(23-16-32(2)30-29-23)28-15-19(18)14-27-20/h4,7,10-12,14-16,21H,5-6,8-9,13H2,1-3H3. The van der Waals surface area contributed by atoms with Crippen LogP contribution >= 0.6 is 0 Å². The van der Waals surface area contributed by atoms with Crippen molar-refractivity contribution < 1.29 is 4.79 Å². The number of nitrogens with zero attached hydrogens (tertiary/aromatic N) is 8. The molecule has 0 bridgehead atoms. The zero-order valence-electron chi connectivity index (χ0n) is 19.7. The summed E-state index contributed by atoms with van der Waals surface area (Å²) in [6, 6.07) is 8.02. The third kappa shape index (κ3) is 4.65. The molecule has 1 fully saturated rings. The number of rotatable bonds is 6. The lowest BCUT2D eigenvalue weighted by atomic mass is 10.0. The van der Waals surface area contributed by atoms with Crippen molar-refractivity contribution in [3.63, 3.8) is 0 Å². The number of ketones is 1. The van der Waals surface area contributed by atoms with Crippen molar-refractivity contribution in [3.05, 3.63) is 60.3 Å². The van der Waals surface area contributed by atoms with Crippen LogP contribution < -0.4 is 4.90 Å². The lowest BCUT2D eigenvalue weighted by molar-refractivity contribution is 0.0992. The van der Waals surface area contributed by atoms with Gasteiger partial charge in [-0.3, -0.25) is 19.4 Å². The average molecular weight is 457 g/mol. The largest absolute Gasteiger partial charge is 0.357 e. The van der Waals surface area contributed by atoms with Crippen LogP contribution in [0.15, 0.2) is 49.1 Å². The Kier molecular flexibility index (Phi) is 6.02. The number of carbonyl (C=O) groups excluding carboxylic acids is 1. The summed E-state index contributed by atoms with van der Waals surface area (Å²) in [6.45, 7) is 2.16. The number of Topliss-reactive ketones (excluding diaryl/α,β-unsaturated/α-hetero) is 1. The summed E-state index contributed by atoms with van der Waals surface area (Å²) < 4.78 is 1.64. The second-order valence-electron chi connectivity index (χ2n) is 9.02.